The van der Waals surface area contributed by atoms with Crippen molar-refractivity contribution in [2.24, 2.45) is 11.8 Å². The number of hydrogen-bond acceptors (Lipinski definition) is 2. The van der Waals surface area contributed by atoms with E-state index in [4.69, 9.17) is 4.43 Å². The quantitative estimate of drug-likeness (QED) is 0.460. The van der Waals surface area contributed by atoms with Crippen molar-refractivity contribution in [2.75, 3.05) is 0 Å². The summed E-state index contributed by atoms with van der Waals surface area (Å²) in [6.07, 6.45) is 6.72. The highest BCUT2D eigenvalue weighted by molar-refractivity contribution is 6.74. The van der Waals surface area contributed by atoms with Gasteiger partial charge in [0.2, 0.25) is 0 Å². The van der Waals surface area contributed by atoms with Crippen molar-refractivity contribution >= 4 is 8.32 Å². The molecular weight excluding hydrogens is 300 g/mol. The molecule has 1 fully saturated rings. The van der Waals surface area contributed by atoms with Crippen molar-refractivity contribution in [1.82, 2.24) is 0 Å². The van der Waals surface area contributed by atoms with Gasteiger partial charge in [0.05, 0.1) is 12.2 Å². The Labute approximate surface area is 145 Å². The molecule has 136 valence electrons. The van der Waals surface area contributed by atoms with Crippen molar-refractivity contribution in [1.29, 1.82) is 0 Å². The molecule has 1 aliphatic rings. The van der Waals surface area contributed by atoms with Gasteiger partial charge in [-0.05, 0) is 54.8 Å². The van der Waals surface area contributed by atoms with Crippen LogP contribution in [0.3, 0.4) is 0 Å². The van der Waals surface area contributed by atoms with Gasteiger partial charge in [-0.1, -0.05) is 60.5 Å². The lowest BCUT2D eigenvalue weighted by molar-refractivity contribution is 0.0745. The van der Waals surface area contributed by atoms with Crippen molar-refractivity contribution in [3.05, 3.63) is 12.2 Å². The van der Waals surface area contributed by atoms with Crippen LogP contribution in [0.2, 0.25) is 18.1 Å². The second kappa shape index (κ2) is 8.31. The summed E-state index contributed by atoms with van der Waals surface area (Å²) in [5, 5.41) is 10.8. The normalized spacial score (nSPS) is 20.6. The SMILES string of the molecule is C=C(C[C@H](O)C1CCCCC1)[C@H](O[Si](C)(C)C(C)(C)C)C(C)C. The van der Waals surface area contributed by atoms with Crippen LogP contribution < -0.4 is 0 Å². The molecule has 23 heavy (non-hydrogen) atoms. The van der Waals surface area contributed by atoms with Gasteiger partial charge in [-0.3, -0.25) is 0 Å². The Hall–Kier alpha value is -0.123. The highest BCUT2D eigenvalue weighted by Gasteiger charge is 2.40. The number of aliphatic hydroxyl groups excluding tert-OH is 1. The molecule has 0 saturated heterocycles. The van der Waals surface area contributed by atoms with E-state index in [2.05, 4.69) is 54.3 Å². The molecule has 0 aliphatic heterocycles. The Kier molecular flexibility index (Phi) is 7.56. The maximum absolute atomic E-state index is 10.6. The monoisotopic (exact) mass is 340 g/mol. The number of rotatable bonds is 7. The molecule has 1 saturated carbocycles. The average molecular weight is 341 g/mol. The molecule has 0 spiro atoms. The Morgan fingerprint density at radius 3 is 2.13 bits per heavy atom. The third kappa shape index (κ3) is 6.02. The first-order chi connectivity index (χ1) is 10.5. The van der Waals surface area contributed by atoms with Crippen LogP contribution in [0.25, 0.3) is 0 Å². The molecule has 0 aromatic heterocycles. The number of hydrogen-bond donors (Lipinski definition) is 1. The third-order valence-corrected chi connectivity index (χ3v) is 10.4. The lowest BCUT2D eigenvalue weighted by Crippen LogP contribution is -2.46. The zero-order valence-corrected chi connectivity index (χ0v) is 17.6. The van der Waals surface area contributed by atoms with Gasteiger partial charge in [0.15, 0.2) is 8.32 Å². The zero-order valence-electron chi connectivity index (χ0n) is 16.6. The van der Waals surface area contributed by atoms with Crippen molar-refractivity contribution < 1.29 is 9.53 Å². The summed E-state index contributed by atoms with van der Waals surface area (Å²) in [5.74, 6) is 0.858. The van der Waals surface area contributed by atoms with Crippen molar-refractivity contribution in [3.63, 3.8) is 0 Å². The molecule has 1 N–H and O–H groups in total. The molecule has 0 aromatic carbocycles. The first-order valence-corrected chi connectivity index (χ1v) is 12.4. The molecule has 0 aromatic rings. The fraction of sp³-hybridized carbons (Fsp3) is 0.900. The van der Waals surface area contributed by atoms with E-state index in [0.717, 1.165) is 5.57 Å². The molecular formula is C20H40O2Si. The molecule has 2 nitrogen and oxygen atoms in total. The van der Waals surface area contributed by atoms with Gasteiger partial charge in [0, 0.05) is 0 Å². The van der Waals surface area contributed by atoms with Crippen molar-refractivity contribution in [2.45, 2.75) is 103 Å². The van der Waals surface area contributed by atoms with E-state index in [1.807, 2.05) is 0 Å². The summed E-state index contributed by atoms with van der Waals surface area (Å²) >= 11 is 0. The summed E-state index contributed by atoms with van der Waals surface area (Å²) in [7, 11) is -1.83. The molecule has 0 radical (unpaired) electrons. The van der Waals surface area contributed by atoms with Gasteiger partial charge in [0.1, 0.15) is 0 Å². The standard InChI is InChI=1S/C20H40O2Si/c1-15(2)19(22-23(7,8)20(4,5)6)16(3)14-18(21)17-12-10-9-11-13-17/h15,17-19,21H,3,9-14H2,1-2,4-8H3/t18-,19+/m0/s1. The van der Waals surface area contributed by atoms with Gasteiger partial charge >= 0.3 is 0 Å². The molecule has 3 heteroatoms. The van der Waals surface area contributed by atoms with Crippen LogP contribution in [0, 0.1) is 11.8 Å². The Bertz CT molecular complexity index is 376. The van der Waals surface area contributed by atoms with Gasteiger partial charge in [-0.15, -0.1) is 0 Å². The van der Waals surface area contributed by atoms with E-state index in [-0.39, 0.29) is 17.2 Å². The first kappa shape index (κ1) is 20.9. The summed E-state index contributed by atoms with van der Waals surface area (Å²) < 4.78 is 6.64. The first-order valence-electron chi connectivity index (χ1n) is 9.49. The minimum Gasteiger partial charge on any atom is -0.410 e. The number of aliphatic hydroxyl groups is 1. The lowest BCUT2D eigenvalue weighted by Gasteiger charge is -2.41. The van der Waals surface area contributed by atoms with Gasteiger partial charge in [0.25, 0.3) is 0 Å². The highest BCUT2D eigenvalue weighted by atomic mass is 28.4. The van der Waals surface area contributed by atoms with Gasteiger partial charge in [-0.25, -0.2) is 0 Å². The summed E-state index contributed by atoms with van der Waals surface area (Å²) in [6.45, 7) is 20.1. The maximum Gasteiger partial charge on any atom is 0.192 e. The molecule has 0 unspecified atom stereocenters. The van der Waals surface area contributed by atoms with E-state index < -0.39 is 8.32 Å². The molecule has 0 heterocycles. The Morgan fingerprint density at radius 2 is 1.70 bits per heavy atom. The van der Waals surface area contributed by atoms with Crippen LogP contribution in [0.15, 0.2) is 12.2 Å². The van der Waals surface area contributed by atoms with Gasteiger partial charge in [-0.2, -0.15) is 0 Å². The lowest BCUT2D eigenvalue weighted by atomic mass is 9.82. The topological polar surface area (TPSA) is 29.5 Å². The summed E-state index contributed by atoms with van der Waals surface area (Å²) in [4.78, 5) is 0. The summed E-state index contributed by atoms with van der Waals surface area (Å²) in [6, 6.07) is 0. The largest absolute Gasteiger partial charge is 0.410 e. The average Bonchev–Trinajstić information content (AvgIpc) is 2.44. The molecule has 1 rings (SSSR count). The van der Waals surface area contributed by atoms with E-state index in [1.54, 1.807) is 0 Å². The van der Waals surface area contributed by atoms with Crippen LogP contribution in [-0.4, -0.2) is 25.6 Å². The van der Waals surface area contributed by atoms with Crippen LogP contribution in [0.1, 0.15) is 73.1 Å². The molecule has 0 bridgehead atoms. The Balaban J connectivity index is 2.71. The van der Waals surface area contributed by atoms with Crippen LogP contribution in [0.4, 0.5) is 0 Å². The predicted octanol–water partition coefficient (Wildman–Crippen LogP) is 5.92. The van der Waals surface area contributed by atoms with Crippen molar-refractivity contribution in [3.8, 4) is 0 Å². The zero-order chi connectivity index (χ0) is 17.8. The van der Waals surface area contributed by atoms with E-state index in [1.165, 1.54) is 32.1 Å². The van der Waals surface area contributed by atoms with Crippen LogP contribution >= 0.6 is 0 Å². The van der Waals surface area contributed by atoms with E-state index in [9.17, 15) is 5.11 Å². The smallest absolute Gasteiger partial charge is 0.192 e. The molecule has 1 aliphatic carbocycles. The van der Waals surface area contributed by atoms with Crippen LogP contribution in [-0.2, 0) is 4.43 Å². The van der Waals surface area contributed by atoms with E-state index >= 15 is 0 Å². The van der Waals surface area contributed by atoms with Crippen LogP contribution in [0.5, 0.6) is 0 Å². The molecule has 0 amide bonds. The van der Waals surface area contributed by atoms with Gasteiger partial charge < -0.3 is 9.53 Å². The minimum absolute atomic E-state index is 0.0640. The predicted molar refractivity (Wildman–Crippen MR) is 103 cm³/mol. The van der Waals surface area contributed by atoms with E-state index in [0.29, 0.717) is 18.3 Å². The molecule has 2 atom stereocenters. The maximum atomic E-state index is 10.6. The minimum atomic E-state index is -1.83. The summed E-state index contributed by atoms with van der Waals surface area (Å²) in [5.41, 5.74) is 1.09. The Morgan fingerprint density at radius 1 is 1.17 bits per heavy atom. The second-order valence-electron chi connectivity index (χ2n) is 9.37. The fourth-order valence-corrected chi connectivity index (χ4v) is 4.68. The third-order valence-electron chi connectivity index (χ3n) is 5.90. The second-order valence-corrected chi connectivity index (χ2v) is 14.1. The highest BCUT2D eigenvalue weighted by Crippen LogP contribution is 2.39. The fourth-order valence-electron chi connectivity index (χ4n) is 3.26.